The zero-order valence-electron chi connectivity index (χ0n) is 11.4. The molecule has 0 aliphatic rings. The minimum atomic E-state index is -0.872. The van der Waals surface area contributed by atoms with Gasteiger partial charge >= 0.3 is 5.97 Å². The Morgan fingerprint density at radius 3 is 2.85 bits per heavy atom. The van der Waals surface area contributed by atoms with Gasteiger partial charge in [-0.15, -0.1) is 0 Å². The van der Waals surface area contributed by atoms with Crippen molar-refractivity contribution >= 4 is 22.8 Å². The van der Waals surface area contributed by atoms with E-state index in [2.05, 4.69) is 15.5 Å². The first-order valence-electron chi connectivity index (χ1n) is 6.35. The highest BCUT2D eigenvalue weighted by atomic mass is 16.4. The molecule has 0 aliphatic heterocycles. The summed E-state index contributed by atoms with van der Waals surface area (Å²) in [7, 11) is 0. The molecule has 6 heteroatoms. The van der Waals surface area contributed by atoms with E-state index >= 15 is 0 Å². The van der Waals surface area contributed by atoms with Crippen molar-refractivity contribution in [1.82, 2.24) is 15.5 Å². The molecule has 1 aromatic carbocycles. The smallest absolute Gasteiger partial charge is 0.303 e. The van der Waals surface area contributed by atoms with Gasteiger partial charge < -0.3 is 10.4 Å². The highest BCUT2D eigenvalue weighted by Crippen LogP contribution is 2.18. The maximum absolute atomic E-state index is 12.3. The fourth-order valence-corrected chi connectivity index (χ4v) is 2.01. The first kappa shape index (κ1) is 14.0. The van der Waals surface area contributed by atoms with Crippen LogP contribution in [0.4, 0.5) is 0 Å². The number of hydrogen-bond acceptors (Lipinski definition) is 3. The minimum Gasteiger partial charge on any atom is -0.481 e. The Morgan fingerprint density at radius 2 is 2.15 bits per heavy atom. The second kappa shape index (κ2) is 5.32. The number of aliphatic carboxylic acids is 1. The summed E-state index contributed by atoms with van der Waals surface area (Å²) in [6.07, 6.45) is 2.04. The van der Waals surface area contributed by atoms with Crippen LogP contribution in [0.25, 0.3) is 10.9 Å². The molecule has 106 valence electrons. The SMILES string of the molecule is CC(C)(CCC(=O)O)NC(=O)c1cccc2cn[nH]c12. The molecule has 0 unspecified atom stereocenters. The van der Waals surface area contributed by atoms with Gasteiger partial charge in [0.25, 0.3) is 5.91 Å². The molecule has 1 heterocycles. The van der Waals surface area contributed by atoms with Crippen LogP contribution in [0.3, 0.4) is 0 Å². The summed E-state index contributed by atoms with van der Waals surface area (Å²) in [5.74, 6) is -1.11. The highest BCUT2D eigenvalue weighted by Gasteiger charge is 2.23. The molecular weight excluding hydrogens is 258 g/mol. The number of carboxylic acid groups (broad SMARTS) is 1. The summed E-state index contributed by atoms with van der Waals surface area (Å²) in [5, 5.41) is 19.2. The van der Waals surface area contributed by atoms with Crippen molar-refractivity contribution in [3.63, 3.8) is 0 Å². The average molecular weight is 275 g/mol. The van der Waals surface area contributed by atoms with Crippen molar-refractivity contribution < 1.29 is 14.7 Å². The second-order valence-electron chi connectivity index (χ2n) is 5.37. The Balaban J connectivity index is 2.15. The molecule has 1 amide bonds. The number of H-pyrrole nitrogens is 1. The van der Waals surface area contributed by atoms with Gasteiger partial charge in [-0.2, -0.15) is 5.10 Å². The predicted octanol–water partition coefficient (Wildman–Crippen LogP) is 1.94. The molecule has 0 radical (unpaired) electrons. The lowest BCUT2D eigenvalue weighted by atomic mass is 9.97. The Morgan fingerprint density at radius 1 is 1.40 bits per heavy atom. The normalized spacial score (nSPS) is 11.5. The second-order valence-corrected chi connectivity index (χ2v) is 5.37. The molecule has 6 nitrogen and oxygen atoms in total. The van der Waals surface area contributed by atoms with Gasteiger partial charge in [0.15, 0.2) is 0 Å². The van der Waals surface area contributed by atoms with Gasteiger partial charge in [-0.25, -0.2) is 0 Å². The number of para-hydroxylation sites is 1. The molecule has 0 aliphatic carbocycles. The molecular formula is C14H17N3O3. The molecule has 0 atom stereocenters. The Hall–Kier alpha value is -2.37. The zero-order valence-corrected chi connectivity index (χ0v) is 11.4. The van der Waals surface area contributed by atoms with Crippen LogP contribution >= 0.6 is 0 Å². The number of hydrogen-bond donors (Lipinski definition) is 3. The van der Waals surface area contributed by atoms with Gasteiger partial charge in [0.05, 0.1) is 17.3 Å². The third-order valence-corrected chi connectivity index (χ3v) is 3.14. The summed E-state index contributed by atoms with van der Waals surface area (Å²) >= 11 is 0. The van der Waals surface area contributed by atoms with Crippen molar-refractivity contribution in [2.75, 3.05) is 0 Å². The largest absolute Gasteiger partial charge is 0.481 e. The highest BCUT2D eigenvalue weighted by molar-refractivity contribution is 6.05. The molecule has 0 bridgehead atoms. The lowest BCUT2D eigenvalue weighted by Gasteiger charge is -2.25. The summed E-state index contributed by atoms with van der Waals surface area (Å²) < 4.78 is 0. The van der Waals surface area contributed by atoms with Crippen LogP contribution in [0.5, 0.6) is 0 Å². The topological polar surface area (TPSA) is 95.1 Å². The number of fused-ring (bicyclic) bond motifs is 1. The number of nitrogens with zero attached hydrogens (tertiary/aromatic N) is 1. The number of amides is 1. The van der Waals surface area contributed by atoms with Crippen LogP contribution in [-0.2, 0) is 4.79 Å². The third-order valence-electron chi connectivity index (χ3n) is 3.14. The van der Waals surface area contributed by atoms with E-state index in [4.69, 9.17) is 5.11 Å². The van der Waals surface area contributed by atoms with Crippen LogP contribution < -0.4 is 5.32 Å². The standard InChI is InChI=1S/C14H17N3O3/c1-14(2,7-6-11(18)19)16-13(20)10-5-3-4-9-8-15-17-12(9)10/h3-5,8H,6-7H2,1-2H3,(H,15,17)(H,16,20)(H,18,19). The average Bonchev–Trinajstić information content (AvgIpc) is 2.83. The molecule has 0 saturated heterocycles. The number of benzene rings is 1. The number of rotatable bonds is 5. The van der Waals surface area contributed by atoms with E-state index in [1.165, 1.54) is 0 Å². The van der Waals surface area contributed by atoms with Crippen LogP contribution in [0.1, 0.15) is 37.0 Å². The summed E-state index contributed by atoms with van der Waals surface area (Å²) in [5.41, 5.74) is 0.597. The van der Waals surface area contributed by atoms with Crippen LogP contribution in [0, 0.1) is 0 Å². The maximum Gasteiger partial charge on any atom is 0.303 e. The molecule has 1 aromatic heterocycles. The lowest BCUT2D eigenvalue weighted by Crippen LogP contribution is -2.43. The summed E-state index contributed by atoms with van der Waals surface area (Å²) in [6.45, 7) is 3.61. The molecule has 0 saturated carbocycles. The van der Waals surface area contributed by atoms with E-state index in [1.807, 2.05) is 6.07 Å². The third kappa shape index (κ3) is 3.14. The van der Waals surface area contributed by atoms with E-state index in [-0.39, 0.29) is 12.3 Å². The number of aromatic nitrogens is 2. The molecule has 2 aromatic rings. The van der Waals surface area contributed by atoms with Gasteiger partial charge in [-0.05, 0) is 26.3 Å². The molecule has 20 heavy (non-hydrogen) atoms. The predicted molar refractivity (Wildman–Crippen MR) is 74.5 cm³/mol. The molecule has 2 rings (SSSR count). The van der Waals surface area contributed by atoms with E-state index < -0.39 is 11.5 Å². The van der Waals surface area contributed by atoms with Gasteiger partial charge in [0.2, 0.25) is 0 Å². The first-order chi connectivity index (χ1) is 9.39. The monoisotopic (exact) mass is 275 g/mol. The molecule has 0 fully saturated rings. The van der Waals surface area contributed by atoms with Gasteiger partial charge in [-0.1, -0.05) is 12.1 Å². The van der Waals surface area contributed by atoms with Gasteiger partial charge in [0.1, 0.15) is 0 Å². The Bertz CT molecular complexity index is 646. The van der Waals surface area contributed by atoms with Crippen molar-refractivity contribution in [3.8, 4) is 0 Å². The van der Waals surface area contributed by atoms with E-state index in [0.717, 1.165) is 5.39 Å². The zero-order chi connectivity index (χ0) is 14.8. The molecule has 3 N–H and O–H groups in total. The summed E-state index contributed by atoms with van der Waals surface area (Å²) in [4.78, 5) is 22.9. The fourth-order valence-electron chi connectivity index (χ4n) is 2.01. The van der Waals surface area contributed by atoms with E-state index in [0.29, 0.717) is 17.5 Å². The fraction of sp³-hybridized carbons (Fsp3) is 0.357. The Labute approximate surface area is 116 Å². The van der Waals surface area contributed by atoms with Crippen molar-refractivity contribution in [2.24, 2.45) is 0 Å². The Kier molecular flexibility index (Phi) is 3.74. The van der Waals surface area contributed by atoms with E-state index in [9.17, 15) is 9.59 Å². The van der Waals surface area contributed by atoms with E-state index in [1.54, 1.807) is 32.2 Å². The number of carbonyl (C=O) groups excluding carboxylic acids is 1. The van der Waals surface area contributed by atoms with Gasteiger partial charge in [-0.3, -0.25) is 14.7 Å². The molecule has 0 spiro atoms. The number of carbonyl (C=O) groups is 2. The van der Waals surface area contributed by atoms with Crippen molar-refractivity contribution in [3.05, 3.63) is 30.0 Å². The first-order valence-corrected chi connectivity index (χ1v) is 6.35. The minimum absolute atomic E-state index is 0.0154. The number of carboxylic acids is 1. The maximum atomic E-state index is 12.3. The quantitative estimate of drug-likeness (QED) is 0.777. The lowest BCUT2D eigenvalue weighted by molar-refractivity contribution is -0.137. The van der Waals surface area contributed by atoms with Crippen molar-refractivity contribution in [1.29, 1.82) is 0 Å². The number of aromatic amines is 1. The van der Waals surface area contributed by atoms with Gasteiger partial charge in [0, 0.05) is 17.3 Å². The van der Waals surface area contributed by atoms with Crippen LogP contribution in [-0.4, -0.2) is 32.7 Å². The van der Waals surface area contributed by atoms with Crippen molar-refractivity contribution in [2.45, 2.75) is 32.2 Å². The summed E-state index contributed by atoms with van der Waals surface area (Å²) in [6, 6.07) is 5.37. The van der Waals surface area contributed by atoms with Crippen LogP contribution in [0.15, 0.2) is 24.4 Å². The van der Waals surface area contributed by atoms with Crippen LogP contribution in [0.2, 0.25) is 0 Å². The number of nitrogens with one attached hydrogen (secondary N) is 2.